The molecule has 15 heavy (non-hydrogen) atoms. The molecule has 0 saturated heterocycles. The Morgan fingerprint density at radius 3 is 2.20 bits per heavy atom. The number of unbranched alkanes of at least 4 members (excludes halogenated alkanes) is 1. The van der Waals surface area contributed by atoms with Gasteiger partial charge in [0.1, 0.15) is 0 Å². The molecule has 0 radical (unpaired) electrons. The van der Waals surface area contributed by atoms with Gasteiger partial charge in [0, 0.05) is 12.2 Å². The first-order valence-electron chi connectivity index (χ1n) is 5.77. The fourth-order valence-corrected chi connectivity index (χ4v) is 1.95. The minimum atomic E-state index is 0.173. The Bertz CT molecular complexity index is 313. The van der Waals surface area contributed by atoms with Gasteiger partial charge in [0.15, 0.2) is 0 Å². The third-order valence-electron chi connectivity index (χ3n) is 2.80. The van der Waals surface area contributed by atoms with Crippen molar-refractivity contribution in [1.82, 2.24) is 5.32 Å². The second kappa shape index (κ2) is 4.26. The summed E-state index contributed by atoms with van der Waals surface area (Å²) in [4.78, 5) is 0. The molecule has 0 atom stereocenters. The van der Waals surface area contributed by atoms with E-state index in [9.17, 15) is 0 Å². The maximum Gasteiger partial charge on any atom is 0.0457 e. The minimum absolute atomic E-state index is 0.173. The summed E-state index contributed by atoms with van der Waals surface area (Å²) >= 11 is 0. The van der Waals surface area contributed by atoms with Gasteiger partial charge in [-0.15, -0.1) is 0 Å². The van der Waals surface area contributed by atoms with Crippen molar-refractivity contribution in [3.63, 3.8) is 0 Å². The van der Waals surface area contributed by atoms with Crippen LogP contribution in [0.25, 0.3) is 0 Å². The molecule has 1 heteroatoms. The molecule has 0 heterocycles. The summed E-state index contributed by atoms with van der Waals surface area (Å²) in [5.41, 5.74) is 4.98. The summed E-state index contributed by atoms with van der Waals surface area (Å²) in [6.07, 6.45) is 2.43. The van der Waals surface area contributed by atoms with Gasteiger partial charge in [0.25, 0.3) is 0 Å². The van der Waals surface area contributed by atoms with Crippen molar-refractivity contribution in [2.75, 3.05) is 6.54 Å². The molecule has 0 bridgehead atoms. The van der Waals surface area contributed by atoms with Crippen molar-refractivity contribution >= 4 is 0 Å². The predicted molar refractivity (Wildman–Crippen MR) is 67.7 cm³/mol. The third kappa shape index (κ3) is 2.34. The van der Waals surface area contributed by atoms with Crippen LogP contribution in [0.5, 0.6) is 0 Å². The van der Waals surface area contributed by atoms with Crippen LogP contribution in [0.15, 0.2) is 35.6 Å². The molecule has 1 aliphatic rings. The fraction of sp³-hybridized carbons (Fsp3) is 0.571. The van der Waals surface area contributed by atoms with E-state index < -0.39 is 0 Å². The van der Waals surface area contributed by atoms with Crippen LogP contribution in [0, 0.1) is 5.41 Å². The lowest BCUT2D eigenvalue weighted by Gasteiger charge is -2.38. The highest BCUT2D eigenvalue weighted by atomic mass is 14.9. The Morgan fingerprint density at radius 2 is 1.73 bits per heavy atom. The zero-order chi connectivity index (χ0) is 11.6. The fourth-order valence-electron chi connectivity index (χ4n) is 1.95. The standard InChI is InChI=1S/C14H23N/c1-7-8-9-15-13-11(3)10(2)12(13)14(4,5)6/h15H,2-3,7-9H2,1,4-6H3. The molecule has 0 aliphatic heterocycles. The first-order chi connectivity index (χ1) is 6.89. The van der Waals surface area contributed by atoms with Crippen molar-refractivity contribution in [1.29, 1.82) is 0 Å². The van der Waals surface area contributed by atoms with Crippen molar-refractivity contribution in [3.8, 4) is 0 Å². The number of allylic oxidation sites excluding steroid dienone is 2. The largest absolute Gasteiger partial charge is 0.384 e. The van der Waals surface area contributed by atoms with Gasteiger partial charge < -0.3 is 5.32 Å². The van der Waals surface area contributed by atoms with Crippen LogP contribution in [0.3, 0.4) is 0 Å². The van der Waals surface area contributed by atoms with Gasteiger partial charge in [0.05, 0.1) is 0 Å². The summed E-state index contributed by atoms with van der Waals surface area (Å²) in [5, 5.41) is 3.48. The third-order valence-corrected chi connectivity index (χ3v) is 2.80. The van der Waals surface area contributed by atoms with Gasteiger partial charge in [-0.3, -0.25) is 0 Å². The van der Waals surface area contributed by atoms with Gasteiger partial charge in [0.2, 0.25) is 0 Å². The molecule has 0 spiro atoms. The molecular formula is C14H23N. The highest BCUT2D eigenvalue weighted by Gasteiger charge is 2.33. The molecular weight excluding hydrogens is 182 g/mol. The molecule has 1 aliphatic carbocycles. The van der Waals surface area contributed by atoms with Crippen molar-refractivity contribution in [2.45, 2.75) is 40.5 Å². The second-order valence-electron chi connectivity index (χ2n) is 5.24. The molecule has 1 N–H and O–H groups in total. The number of nitrogens with one attached hydrogen (secondary N) is 1. The monoisotopic (exact) mass is 205 g/mol. The van der Waals surface area contributed by atoms with E-state index in [1.165, 1.54) is 24.1 Å². The van der Waals surface area contributed by atoms with E-state index >= 15 is 0 Å². The Balaban J connectivity index is 2.78. The summed E-state index contributed by atoms with van der Waals surface area (Å²) in [5.74, 6) is 0. The summed E-state index contributed by atoms with van der Waals surface area (Å²) in [6.45, 7) is 18.0. The zero-order valence-electron chi connectivity index (χ0n) is 10.5. The molecule has 0 saturated carbocycles. The highest BCUT2D eigenvalue weighted by molar-refractivity contribution is 5.68. The topological polar surface area (TPSA) is 12.0 Å². The quantitative estimate of drug-likeness (QED) is 0.688. The lowest BCUT2D eigenvalue weighted by Crippen LogP contribution is -2.31. The second-order valence-corrected chi connectivity index (χ2v) is 5.24. The molecule has 1 nitrogen and oxygen atoms in total. The lowest BCUT2D eigenvalue weighted by molar-refractivity contribution is 0.490. The van der Waals surface area contributed by atoms with E-state index in [0.717, 1.165) is 17.7 Å². The van der Waals surface area contributed by atoms with E-state index in [1.807, 2.05) is 0 Å². The van der Waals surface area contributed by atoms with Crippen LogP contribution in [0.1, 0.15) is 40.5 Å². The summed E-state index contributed by atoms with van der Waals surface area (Å²) in [6, 6.07) is 0. The first-order valence-corrected chi connectivity index (χ1v) is 5.77. The SMILES string of the molecule is C=C1C(=C)C(C(C)(C)C)=C1NCCCC. The first kappa shape index (κ1) is 12.1. The normalized spacial score (nSPS) is 16.8. The molecule has 84 valence electrons. The van der Waals surface area contributed by atoms with Gasteiger partial charge in [-0.25, -0.2) is 0 Å². The Hall–Kier alpha value is -0.980. The van der Waals surface area contributed by atoms with Crippen molar-refractivity contribution < 1.29 is 0 Å². The van der Waals surface area contributed by atoms with Crippen molar-refractivity contribution in [2.24, 2.45) is 5.41 Å². The Labute approximate surface area is 94.0 Å². The van der Waals surface area contributed by atoms with Crippen LogP contribution in [0.4, 0.5) is 0 Å². The van der Waals surface area contributed by atoms with E-state index in [1.54, 1.807) is 0 Å². The molecule has 0 amide bonds. The lowest BCUT2D eigenvalue weighted by atomic mass is 9.70. The van der Waals surface area contributed by atoms with Gasteiger partial charge in [-0.2, -0.15) is 0 Å². The van der Waals surface area contributed by atoms with Gasteiger partial charge in [-0.1, -0.05) is 47.3 Å². The average Bonchev–Trinajstić information content (AvgIpc) is 2.13. The summed E-state index contributed by atoms with van der Waals surface area (Å²) in [7, 11) is 0. The maximum absolute atomic E-state index is 4.07. The van der Waals surface area contributed by atoms with Crippen LogP contribution in [0.2, 0.25) is 0 Å². The molecule has 1 rings (SSSR count). The van der Waals surface area contributed by atoms with E-state index in [-0.39, 0.29) is 5.41 Å². The number of hydrogen-bond donors (Lipinski definition) is 1. The number of rotatable bonds is 4. The predicted octanol–water partition coefficient (Wildman–Crippen LogP) is 3.80. The molecule has 0 fully saturated rings. The van der Waals surface area contributed by atoms with E-state index in [0.29, 0.717) is 0 Å². The molecule has 0 aromatic carbocycles. The molecule has 0 aromatic heterocycles. The van der Waals surface area contributed by atoms with E-state index in [2.05, 4.69) is 46.2 Å². The van der Waals surface area contributed by atoms with Crippen molar-refractivity contribution in [3.05, 3.63) is 35.6 Å². The molecule has 0 aromatic rings. The van der Waals surface area contributed by atoms with Gasteiger partial charge in [-0.05, 0) is 28.6 Å². The smallest absolute Gasteiger partial charge is 0.0457 e. The molecule has 0 unspecified atom stereocenters. The highest BCUT2D eigenvalue weighted by Crippen LogP contribution is 2.45. The van der Waals surface area contributed by atoms with Gasteiger partial charge >= 0.3 is 0 Å². The minimum Gasteiger partial charge on any atom is -0.384 e. The summed E-state index contributed by atoms with van der Waals surface area (Å²) < 4.78 is 0. The van der Waals surface area contributed by atoms with Crippen LogP contribution < -0.4 is 5.32 Å². The number of hydrogen-bond acceptors (Lipinski definition) is 1. The Morgan fingerprint density at radius 1 is 1.13 bits per heavy atom. The van der Waals surface area contributed by atoms with Crippen LogP contribution in [-0.4, -0.2) is 6.54 Å². The zero-order valence-corrected chi connectivity index (χ0v) is 10.5. The maximum atomic E-state index is 4.07. The average molecular weight is 205 g/mol. The Kier molecular flexibility index (Phi) is 3.43. The van der Waals surface area contributed by atoms with Crippen LogP contribution >= 0.6 is 0 Å². The van der Waals surface area contributed by atoms with E-state index in [4.69, 9.17) is 0 Å². The van der Waals surface area contributed by atoms with Crippen LogP contribution in [-0.2, 0) is 0 Å².